The van der Waals surface area contributed by atoms with Crippen LogP contribution in [0.3, 0.4) is 0 Å². The quantitative estimate of drug-likeness (QED) is 0.460. The number of carbonyl (C=O) groups excluding carboxylic acids is 1. The Morgan fingerprint density at radius 2 is 1.87 bits per heavy atom. The molecule has 9 heteroatoms. The number of aromatic nitrogens is 5. The number of nitrogens with zero attached hydrogens (tertiary/aromatic N) is 5. The molecular weight excluding hydrogens is 412 g/mol. The van der Waals surface area contributed by atoms with Crippen LogP contribution in [0, 0.1) is 6.92 Å². The Bertz CT molecular complexity index is 1170. The minimum atomic E-state index is -0.222. The highest BCUT2D eigenvalue weighted by Crippen LogP contribution is 2.25. The first-order valence-electron chi connectivity index (χ1n) is 9.83. The van der Waals surface area contributed by atoms with E-state index in [1.165, 1.54) is 16.9 Å². The van der Waals surface area contributed by atoms with Gasteiger partial charge < -0.3 is 4.74 Å². The lowest BCUT2D eigenvalue weighted by atomic mass is 10.1. The molecular formula is C22H22N6O2S. The van der Waals surface area contributed by atoms with E-state index < -0.39 is 0 Å². The molecule has 1 amide bonds. The van der Waals surface area contributed by atoms with Crippen LogP contribution < -0.4 is 10.1 Å². The fourth-order valence-corrected chi connectivity index (χ4v) is 3.63. The number of aryl methyl sites for hydroxylation is 1. The van der Waals surface area contributed by atoms with Crippen molar-refractivity contribution in [1.29, 1.82) is 0 Å². The van der Waals surface area contributed by atoms with Crippen LogP contribution in [0.15, 0.2) is 53.9 Å². The van der Waals surface area contributed by atoms with E-state index in [0.29, 0.717) is 22.3 Å². The Morgan fingerprint density at radius 3 is 2.58 bits per heavy atom. The van der Waals surface area contributed by atoms with Crippen LogP contribution >= 0.6 is 11.3 Å². The topological polar surface area (TPSA) is 94.8 Å². The van der Waals surface area contributed by atoms with Crippen molar-refractivity contribution in [3.8, 4) is 17.0 Å². The van der Waals surface area contributed by atoms with Crippen LogP contribution in [0.5, 0.6) is 5.75 Å². The molecule has 4 aromatic rings. The van der Waals surface area contributed by atoms with Gasteiger partial charge in [0, 0.05) is 16.5 Å². The fraction of sp³-hybridized carbons (Fsp3) is 0.227. The Hall–Kier alpha value is -3.59. The Morgan fingerprint density at radius 1 is 1.13 bits per heavy atom. The van der Waals surface area contributed by atoms with Gasteiger partial charge in [-0.15, -0.1) is 16.4 Å². The maximum Gasteiger partial charge on any atom is 0.257 e. The summed E-state index contributed by atoms with van der Waals surface area (Å²) in [4.78, 5) is 17.1. The van der Waals surface area contributed by atoms with Crippen molar-refractivity contribution in [3.05, 3.63) is 70.9 Å². The molecule has 0 saturated heterocycles. The number of hydrogen-bond donors (Lipinski definition) is 1. The van der Waals surface area contributed by atoms with Gasteiger partial charge in [0.25, 0.3) is 5.91 Å². The number of thiazole rings is 1. The first kappa shape index (κ1) is 20.7. The average molecular weight is 435 g/mol. The van der Waals surface area contributed by atoms with Crippen LogP contribution in [-0.2, 0) is 6.61 Å². The molecule has 1 N–H and O–H groups in total. The van der Waals surface area contributed by atoms with E-state index >= 15 is 0 Å². The van der Waals surface area contributed by atoms with Crippen LogP contribution in [-0.4, -0.2) is 31.1 Å². The second-order valence-electron chi connectivity index (χ2n) is 7.30. The Balaban J connectivity index is 1.36. The van der Waals surface area contributed by atoms with Crippen molar-refractivity contribution in [2.75, 3.05) is 5.32 Å². The number of benzene rings is 2. The van der Waals surface area contributed by atoms with Gasteiger partial charge in [0.2, 0.25) is 0 Å². The third-order valence-corrected chi connectivity index (χ3v) is 5.36. The molecule has 0 aliphatic heterocycles. The summed E-state index contributed by atoms with van der Waals surface area (Å²) in [6, 6.07) is 15.2. The van der Waals surface area contributed by atoms with Crippen molar-refractivity contribution < 1.29 is 9.53 Å². The highest BCUT2D eigenvalue weighted by Gasteiger charge is 2.12. The molecule has 0 aliphatic carbocycles. The molecule has 0 atom stereocenters. The lowest BCUT2D eigenvalue weighted by Crippen LogP contribution is -2.12. The molecule has 2 aromatic heterocycles. The van der Waals surface area contributed by atoms with Crippen LogP contribution in [0.1, 0.15) is 41.6 Å². The van der Waals surface area contributed by atoms with Crippen molar-refractivity contribution >= 4 is 22.4 Å². The van der Waals surface area contributed by atoms with Gasteiger partial charge in [-0.3, -0.25) is 10.1 Å². The maximum atomic E-state index is 12.6. The van der Waals surface area contributed by atoms with E-state index in [9.17, 15) is 4.79 Å². The summed E-state index contributed by atoms with van der Waals surface area (Å²) in [7, 11) is 0. The number of hydrogen-bond acceptors (Lipinski definition) is 7. The number of nitrogens with one attached hydrogen (secondary N) is 1. The highest BCUT2D eigenvalue weighted by molar-refractivity contribution is 7.14. The molecule has 158 valence electrons. The molecule has 0 aliphatic rings. The van der Waals surface area contributed by atoms with Gasteiger partial charge in [-0.25, -0.2) is 9.67 Å². The van der Waals surface area contributed by atoms with E-state index in [1.54, 1.807) is 28.9 Å². The normalized spacial score (nSPS) is 11.0. The molecule has 0 bridgehead atoms. The number of anilines is 1. The first-order chi connectivity index (χ1) is 15.0. The zero-order valence-corrected chi connectivity index (χ0v) is 18.3. The van der Waals surface area contributed by atoms with Crippen LogP contribution in [0.2, 0.25) is 0 Å². The third-order valence-electron chi connectivity index (χ3n) is 4.61. The summed E-state index contributed by atoms with van der Waals surface area (Å²) in [5, 5.41) is 17.0. The molecule has 0 unspecified atom stereocenters. The largest absolute Gasteiger partial charge is 0.486 e. The Kier molecular flexibility index (Phi) is 6.03. The van der Waals surface area contributed by atoms with Gasteiger partial charge in [-0.1, -0.05) is 29.8 Å². The average Bonchev–Trinajstić information content (AvgIpc) is 3.43. The van der Waals surface area contributed by atoms with Crippen molar-refractivity contribution in [3.63, 3.8) is 0 Å². The predicted octanol–water partition coefficient (Wildman–Crippen LogP) is 4.52. The molecule has 4 rings (SSSR count). The maximum absolute atomic E-state index is 12.6. The lowest BCUT2D eigenvalue weighted by molar-refractivity contribution is 0.102. The standard InChI is InChI=1S/C22H22N6O2S/c1-14(2)28-20(25-26-27-28)12-30-18-10-8-17(9-11-18)21(29)24-22-23-19(13-31-22)16-6-4-15(3)5-7-16/h4-11,13-14H,12H2,1-3H3,(H,23,24,29). The summed E-state index contributed by atoms with van der Waals surface area (Å²) in [5.41, 5.74) is 3.57. The van der Waals surface area contributed by atoms with E-state index in [2.05, 4.69) is 25.8 Å². The fourth-order valence-electron chi connectivity index (χ4n) is 2.92. The molecule has 2 heterocycles. The molecule has 0 saturated carbocycles. The van der Waals surface area contributed by atoms with Gasteiger partial charge >= 0.3 is 0 Å². The zero-order chi connectivity index (χ0) is 21.8. The third kappa shape index (κ3) is 4.95. The monoisotopic (exact) mass is 434 g/mol. The summed E-state index contributed by atoms with van der Waals surface area (Å²) < 4.78 is 7.46. The molecule has 2 aromatic carbocycles. The van der Waals surface area contributed by atoms with E-state index in [0.717, 1.165) is 11.3 Å². The molecule has 31 heavy (non-hydrogen) atoms. The van der Waals surface area contributed by atoms with Gasteiger partial charge in [-0.05, 0) is 55.5 Å². The highest BCUT2D eigenvalue weighted by atomic mass is 32.1. The summed E-state index contributed by atoms with van der Waals surface area (Å²) in [5.74, 6) is 1.05. The molecule has 8 nitrogen and oxygen atoms in total. The minimum Gasteiger partial charge on any atom is -0.486 e. The van der Waals surface area contributed by atoms with Crippen molar-refractivity contribution in [2.45, 2.75) is 33.4 Å². The SMILES string of the molecule is Cc1ccc(-c2csc(NC(=O)c3ccc(OCc4nnnn4C(C)C)cc3)n2)cc1. The van der Waals surface area contributed by atoms with Crippen molar-refractivity contribution in [2.24, 2.45) is 0 Å². The van der Waals surface area contributed by atoms with Gasteiger partial charge in [0.05, 0.1) is 11.7 Å². The smallest absolute Gasteiger partial charge is 0.257 e. The number of ether oxygens (including phenoxy) is 1. The number of carbonyl (C=O) groups is 1. The minimum absolute atomic E-state index is 0.150. The summed E-state index contributed by atoms with van der Waals surface area (Å²) in [6.07, 6.45) is 0. The lowest BCUT2D eigenvalue weighted by Gasteiger charge is -2.09. The number of amides is 1. The Labute approximate surface area is 183 Å². The van der Waals surface area contributed by atoms with Gasteiger partial charge in [0.15, 0.2) is 11.0 Å². The predicted molar refractivity (Wildman–Crippen MR) is 119 cm³/mol. The summed E-state index contributed by atoms with van der Waals surface area (Å²) >= 11 is 1.40. The first-order valence-corrected chi connectivity index (χ1v) is 10.7. The van der Waals surface area contributed by atoms with E-state index in [1.807, 2.05) is 50.4 Å². The summed E-state index contributed by atoms with van der Waals surface area (Å²) in [6.45, 7) is 6.29. The van der Waals surface area contributed by atoms with Crippen LogP contribution in [0.25, 0.3) is 11.3 Å². The van der Waals surface area contributed by atoms with Gasteiger partial charge in [-0.2, -0.15) is 0 Å². The zero-order valence-electron chi connectivity index (χ0n) is 17.4. The molecule has 0 fully saturated rings. The van der Waals surface area contributed by atoms with Crippen LogP contribution in [0.4, 0.5) is 5.13 Å². The number of rotatable bonds is 7. The van der Waals surface area contributed by atoms with E-state index in [-0.39, 0.29) is 18.6 Å². The number of tetrazole rings is 1. The van der Waals surface area contributed by atoms with Crippen molar-refractivity contribution in [1.82, 2.24) is 25.2 Å². The van der Waals surface area contributed by atoms with E-state index in [4.69, 9.17) is 4.74 Å². The second-order valence-corrected chi connectivity index (χ2v) is 8.16. The molecule has 0 radical (unpaired) electrons. The molecule has 0 spiro atoms. The van der Waals surface area contributed by atoms with Gasteiger partial charge in [0.1, 0.15) is 12.4 Å². The second kappa shape index (κ2) is 9.05.